The molecule has 2 amide bonds. The lowest BCUT2D eigenvalue weighted by atomic mass is 10.0. The number of carbonyl (C=O) groups excluding carboxylic acids is 2. The third kappa shape index (κ3) is 3.88. The number of amides is 2. The van der Waals surface area contributed by atoms with Gasteiger partial charge in [0.1, 0.15) is 11.8 Å². The fraction of sp³-hybridized carbons (Fsp3) is 0.409. The van der Waals surface area contributed by atoms with Crippen molar-refractivity contribution in [3.05, 3.63) is 65.0 Å². The van der Waals surface area contributed by atoms with E-state index in [9.17, 15) is 14.7 Å². The van der Waals surface area contributed by atoms with E-state index in [4.69, 9.17) is 4.74 Å². The van der Waals surface area contributed by atoms with Gasteiger partial charge in [-0.15, -0.1) is 0 Å². The normalized spacial score (nSPS) is 25.8. The summed E-state index contributed by atoms with van der Waals surface area (Å²) in [5.41, 5.74) is 1.92. The quantitative estimate of drug-likeness (QED) is 0.691. The Balaban J connectivity index is 1.62. The van der Waals surface area contributed by atoms with Crippen molar-refractivity contribution in [2.75, 3.05) is 14.2 Å². The molecule has 7 heteroatoms. The summed E-state index contributed by atoms with van der Waals surface area (Å²) in [4.78, 5) is 29.6. The number of aliphatic hydroxyl groups is 1. The Hall–Kier alpha value is -2.77. The van der Waals surface area contributed by atoms with E-state index in [1.807, 2.05) is 30.3 Å². The number of benzene rings is 1. The van der Waals surface area contributed by atoms with Crippen LogP contribution < -0.4 is 10.6 Å². The average Bonchev–Trinajstić information content (AvgIpc) is 3.18. The van der Waals surface area contributed by atoms with E-state index in [-0.39, 0.29) is 29.7 Å². The third-order valence-corrected chi connectivity index (χ3v) is 5.89. The Labute approximate surface area is 169 Å². The Morgan fingerprint density at radius 1 is 1.14 bits per heavy atom. The first-order valence-electron chi connectivity index (χ1n) is 9.82. The molecule has 0 radical (unpaired) electrons. The topological polar surface area (TPSA) is 101 Å². The minimum absolute atomic E-state index is 0.0957. The van der Waals surface area contributed by atoms with Gasteiger partial charge in [-0.3, -0.25) is 9.59 Å². The maximum Gasteiger partial charge on any atom is 0.269 e. The number of hydrogen-bond donors (Lipinski definition) is 3. The van der Waals surface area contributed by atoms with E-state index in [1.165, 1.54) is 13.1 Å². The van der Waals surface area contributed by atoms with Crippen molar-refractivity contribution in [3.63, 3.8) is 0 Å². The maximum absolute atomic E-state index is 12.9. The second-order valence-electron chi connectivity index (χ2n) is 7.72. The molecule has 7 nitrogen and oxygen atoms in total. The van der Waals surface area contributed by atoms with Crippen LogP contribution in [0.2, 0.25) is 0 Å². The molecule has 2 aromatic rings. The highest BCUT2D eigenvalue weighted by atomic mass is 16.5. The predicted molar refractivity (Wildman–Crippen MR) is 106 cm³/mol. The molecular weight excluding hydrogens is 370 g/mol. The fourth-order valence-corrected chi connectivity index (χ4v) is 4.38. The lowest BCUT2D eigenvalue weighted by molar-refractivity contribution is 0.0935. The number of hydrogen-bond acceptors (Lipinski definition) is 5. The summed E-state index contributed by atoms with van der Waals surface area (Å²) < 4.78 is 5.64. The summed E-state index contributed by atoms with van der Waals surface area (Å²) in [7, 11) is 3.10. The van der Waals surface area contributed by atoms with Crippen LogP contribution in [-0.2, 0) is 4.74 Å². The molecule has 29 heavy (non-hydrogen) atoms. The summed E-state index contributed by atoms with van der Waals surface area (Å²) in [5.74, 6) is 0.0975. The van der Waals surface area contributed by atoms with Crippen LogP contribution in [0.4, 0.5) is 0 Å². The van der Waals surface area contributed by atoms with Gasteiger partial charge < -0.3 is 20.5 Å². The van der Waals surface area contributed by atoms with E-state index in [2.05, 4.69) is 15.6 Å². The Morgan fingerprint density at radius 2 is 1.83 bits per heavy atom. The van der Waals surface area contributed by atoms with Crippen molar-refractivity contribution in [3.8, 4) is 0 Å². The Kier molecular flexibility index (Phi) is 5.34. The number of aliphatic hydroxyl groups excluding tert-OH is 1. The van der Waals surface area contributed by atoms with Crippen LogP contribution in [0.5, 0.6) is 0 Å². The second-order valence-corrected chi connectivity index (χ2v) is 7.72. The van der Waals surface area contributed by atoms with Gasteiger partial charge >= 0.3 is 0 Å². The van der Waals surface area contributed by atoms with E-state index in [0.29, 0.717) is 23.1 Å². The molecule has 0 spiro atoms. The molecule has 2 fully saturated rings. The molecule has 1 aromatic carbocycles. The van der Waals surface area contributed by atoms with Gasteiger partial charge in [-0.25, -0.2) is 4.98 Å². The van der Waals surface area contributed by atoms with Crippen molar-refractivity contribution in [1.29, 1.82) is 0 Å². The zero-order chi connectivity index (χ0) is 20.5. The largest absolute Gasteiger partial charge is 0.393 e. The number of methoxy groups -OCH3 is 1. The average molecular weight is 395 g/mol. The fourth-order valence-electron chi connectivity index (χ4n) is 4.38. The highest BCUT2D eigenvalue weighted by Crippen LogP contribution is 2.52. The summed E-state index contributed by atoms with van der Waals surface area (Å²) in [6.07, 6.45) is 0.725. The third-order valence-electron chi connectivity index (χ3n) is 5.89. The molecule has 2 saturated carbocycles. The van der Waals surface area contributed by atoms with Gasteiger partial charge in [0.05, 0.1) is 11.8 Å². The van der Waals surface area contributed by atoms with Gasteiger partial charge in [0.25, 0.3) is 11.8 Å². The standard InChI is InChI=1S/C22H25N3O4/c1-23-22(28)18-9-13(21(27)25-19-15-10-14(26)11-16(15)19)8-17(24-18)20(29-2)12-6-4-3-5-7-12/h3-9,14-16,19-20,26H,10-11H2,1-2H3,(H,23,28)(H,25,27)/t14-,15+,16-,19-,20-/m0/s1. The van der Waals surface area contributed by atoms with E-state index in [0.717, 1.165) is 18.4 Å². The van der Waals surface area contributed by atoms with Gasteiger partial charge in [0.15, 0.2) is 0 Å². The van der Waals surface area contributed by atoms with Crippen LogP contribution in [0.25, 0.3) is 0 Å². The monoisotopic (exact) mass is 395 g/mol. The first kappa shape index (κ1) is 19.5. The molecule has 0 bridgehead atoms. The van der Waals surface area contributed by atoms with Crippen LogP contribution in [0.3, 0.4) is 0 Å². The van der Waals surface area contributed by atoms with Crippen LogP contribution in [-0.4, -0.2) is 48.2 Å². The summed E-state index contributed by atoms with van der Waals surface area (Å²) >= 11 is 0. The molecule has 0 unspecified atom stereocenters. The van der Waals surface area contributed by atoms with Crippen molar-refractivity contribution in [2.45, 2.75) is 31.1 Å². The zero-order valence-electron chi connectivity index (χ0n) is 16.5. The number of carbonyl (C=O) groups is 2. The summed E-state index contributed by atoms with van der Waals surface area (Å²) in [6, 6.07) is 12.8. The minimum atomic E-state index is -0.497. The molecule has 3 N–H and O–H groups in total. The highest BCUT2D eigenvalue weighted by Gasteiger charge is 2.56. The smallest absolute Gasteiger partial charge is 0.269 e. The van der Waals surface area contributed by atoms with Crippen LogP contribution in [0.1, 0.15) is 51.0 Å². The van der Waals surface area contributed by atoms with Crippen molar-refractivity contribution in [2.24, 2.45) is 11.8 Å². The molecule has 2 aliphatic carbocycles. The number of fused-ring (bicyclic) bond motifs is 1. The first-order chi connectivity index (χ1) is 14.0. The van der Waals surface area contributed by atoms with Gasteiger partial charge in [-0.05, 0) is 42.4 Å². The van der Waals surface area contributed by atoms with E-state index >= 15 is 0 Å². The Morgan fingerprint density at radius 3 is 2.45 bits per heavy atom. The molecule has 152 valence electrons. The highest BCUT2D eigenvalue weighted by molar-refractivity contribution is 5.99. The molecular formula is C22H25N3O4. The van der Waals surface area contributed by atoms with E-state index < -0.39 is 6.10 Å². The molecule has 1 heterocycles. The lowest BCUT2D eigenvalue weighted by Gasteiger charge is -2.17. The number of aromatic nitrogens is 1. The van der Waals surface area contributed by atoms with Crippen LogP contribution in [0, 0.1) is 11.8 Å². The predicted octanol–water partition coefficient (Wildman–Crippen LogP) is 1.68. The maximum atomic E-state index is 12.9. The van der Waals surface area contributed by atoms with Gasteiger partial charge in [-0.1, -0.05) is 30.3 Å². The van der Waals surface area contributed by atoms with Gasteiger partial charge in [0, 0.05) is 25.8 Å². The van der Waals surface area contributed by atoms with Crippen LogP contribution in [0.15, 0.2) is 42.5 Å². The molecule has 4 rings (SSSR count). The molecule has 0 saturated heterocycles. The molecule has 5 atom stereocenters. The van der Waals surface area contributed by atoms with Crippen molar-refractivity contribution >= 4 is 11.8 Å². The van der Waals surface area contributed by atoms with E-state index in [1.54, 1.807) is 13.2 Å². The number of nitrogens with one attached hydrogen (secondary N) is 2. The number of rotatable bonds is 6. The molecule has 1 aromatic heterocycles. The van der Waals surface area contributed by atoms with Crippen molar-refractivity contribution in [1.82, 2.24) is 15.6 Å². The minimum Gasteiger partial charge on any atom is -0.393 e. The second kappa shape index (κ2) is 7.93. The lowest BCUT2D eigenvalue weighted by Crippen LogP contribution is -2.31. The zero-order valence-corrected chi connectivity index (χ0v) is 16.5. The number of nitrogens with zero attached hydrogens (tertiary/aromatic N) is 1. The Bertz CT molecular complexity index is 906. The number of pyridine rings is 1. The molecule has 0 aliphatic heterocycles. The summed E-state index contributed by atoms with van der Waals surface area (Å²) in [6.45, 7) is 0. The number of ether oxygens (including phenoxy) is 1. The van der Waals surface area contributed by atoms with Crippen LogP contribution >= 0.6 is 0 Å². The first-order valence-corrected chi connectivity index (χ1v) is 9.82. The SMILES string of the molecule is CNC(=O)c1cc(C(=O)N[C@H]2[C@@H]3C[C@H](O)C[C@@H]32)cc([C@@H](OC)c2ccccc2)n1. The molecule has 2 aliphatic rings. The summed E-state index contributed by atoms with van der Waals surface area (Å²) in [5, 5.41) is 15.3. The van der Waals surface area contributed by atoms with Crippen molar-refractivity contribution < 1.29 is 19.4 Å². The van der Waals surface area contributed by atoms with Gasteiger partial charge in [-0.2, -0.15) is 0 Å². The van der Waals surface area contributed by atoms with Gasteiger partial charge in [0.2, 0.25) is 0 Å².